The van der Waals surface area contributed by atoms with Crippen molar-refractivity contribution in [2.75, 3.05) is 20.6 Å². The van der Waals surface area contributed by atoms with Crippen molar-refractivity contribution in [3.63, 3.8) is 0 Å². The monoisotopic (exact) mass is 288 g/mol. The Morgan fingerprint density at radius 3 is 2.42 bits per heavy atom. The van der Waals surface area contributed by atoms with Gasteiger partial charge in [0, 0.05) is 19.2 Å². The lowest BCUT2D eigenvalue weighted by Gasteiger charge is -2.34. The molecule has 0 saturated heterocycles. The summed E-state index contributed by atoms with van der Waals surface area (Å²) in [6, 6.07) is 0. The lowest BCUT2D eigenvalue weighted by Crippen LogP contribution is -2.57. The summed E-state index contributed by atoms with van der Waals surface area (Å²) in [5.41, 5.74) is 11.6. The molecule has 0 aromatic heterocycles. The van der Waals surface area contributed by atoms with E-state index in [1.54, 1.807) is 13.8 Å². The molecule has 1 aliphatic heterocycles. The maximum absolute atomic E-state index is 12.1. The highest BCUT2D eigenvalue weighted by molar-refractivity contribution is 7.96. The van der Waals surface area contributed by atoms with Gasteiger partial charge >= 0.3 is 0 Å². The summed E-state index contributed by atoms with van der Waals surface area (Å²) in [5, 5.41) is 2.44. The number of dihydropyridines is 1. The second kappa shape index (κ2) is 5.52. The average Bonchev–Trinajstić information content (AvgIpc) is 2.30. The summed E-state index contributed by atoms with van der Waals surface area (Å²) < 4.78 is 24.1. The minimum absolute atomic E-state index is 0.186. The third-order valence-corrected chi connectivity index (χ3v) is 5.32. The van der Waals surface area contributed by atoms with Crippen LogP contribution in [0.4, 0.5) is 0 Å². The highest BCUT2D eigenvalue weighted by Gasteiger charge is 2.33. The van der Waals surface area contributed by atoms with Crippen LogP contribution >= 0.6 is 0 Å². The van der Waals surface area contributed by atoms with Crippen LogP contribution in [0.5, 0.6) is 0 Å². The van der Waals surface area contributed by atoms with Gasteiger partial charge in [0.15, 0.2) is 9.84 Å². The molecular weight excluding hydrogens is 264 g/mol. The number of nitrogens with zero attached hydrogens (tertiary/aromatic N) is 1. The van der Waals surface area contributed by atoms with E-state index < -0.39 is 20.8 Å². The topological polar surface area (TPSA) is 101 Å². The standard InChI is InChI=1S/C12H24N4O2S/c1-9(2)19(17,18)10-7-11(13)12(14,15-8-10)5-6-16(3)4/h7-9,15H,5-6,13-14H2,1-4H3. The molecule has 0 saturated carbocycles. The van der Waals surface area contributed by atoms with Crippen molar-refractivity contribution >= 4 is 9.84 Å². The predicted octanol–water partition coefficient (Wildman–Crippen LogP) is -0.296. The number of nitrogens with one attached hydrogen (secondary N) is 1. The van der Waals surface area contributed by atoms with Crippen molar-refractivity contribution in [1.29, 1.82) is 0 Å². The molecule has 0 spiro atoms. The largest absolute Gasteiger partial charge is 0.399 e. The number of rotatable bonds is 5. The molecule has 0 fully saturated rings. The Labute approximate surface area is 115 Å². The summed E-state index contributed by atoms with van der Waals surface area (Å²) in [6.45, 7) is 4.02. The first-order valence-corrected chi connectivity index (χ1v) is 7.77. The summed E-state index contributed by atoms with van der Waals surface area (Å²) in [4.78, 5) is 2.18. The molecule has 0 bridgehead atoms. The Bertz CT molecular complexity index is 494. The van der Waals surface area contributed by atoms with Crippen LogP contribution in [0.2, 0.25) is 0 Å². The molecule has 110 valence electrons. The van der Waals surface area contributed by atoms with Crippen molar-refractivity contribution in [2.45, 2.75) is 31.2 Å². The Morgan fingerprint density at radius 1 is 1.42 bits per heavy atom. The van der Waals surface area contributed by atoms with Crippen LogP contribution in [0.3, 0.4) is 0 Å². The minimum atomic E-state index is -3.34. The number of nitrogens with two attached hydrogens (primary N) is 2. The third kappa shape index (κ3) is 3.49. The van der Waals surface area contributed by atoms with Crippen molar-refractivity contribution in [2.24, 2.45) is 11.5 Å². The van der Waals surface area contributed by atoms with Crippen molar-refractivity contribution < 1.29 is 8.42 Å². The molecule has 1 heterocycles. The Morgan fingerprint density at radius 2 is 2.00 bits per heavy atom. The van der Waals surface area contributed by atoms with Gasteiger partial charge in [-0.15, -0.1) is 0 Å². The molecule has 0 amide bonds. The molecule has 1 rings (SSSR count). The van der Waals surface area contributed by atoms with Gasteiger partial charge in [0.2, 0.25) is 0 Å². The van der Waals surface area contributed by atoms with Gasteiger partial charge in [-0.05, 0) is 34.0 Å². The molecule has 7 heteroatoms. The van der Waals surface area contributed by atoms with E-state index in [1.165, 1.54) is 12.3 Å². The first kappa shape index (κ1) is 16.0. The van der Waals surface area contributed by atoms with E-state index in [4.69, 9.17) is 11.5 Å². The van der Waals surface area contributed by atoms with Gasteiger partial charge in [0.1, 0.15) is 5.66 Å². The fourth-order valence-corrected chi connectivity index (χ4v) is 2.72. The van der Waals surface area contributed by atoms with Crippen LogP contribution in [-0.2, 0) is 9.84 Å². The third-order valence-electron chi connectivity index (χ3n) is 3.19. The molecule has 0 aliphatic carbocycles. The van der Waals surface area contributed by atoms with Gasteiger partial charge in [0.05, 0.1) is 15.9 Å². The summed E-state index contributed by atoms with van der Waals surface area (Å²) in [5.74, 6) is 0. The Balaban J connectivity index is 2.93. The average molecular weight is 288 g/mol. The SMILES string of the molecule is CC(C)S(=O)(=O)C1=CNC(N)(CCN(C)C)C(N)=C1. The van der Waals surface area contributed by atoms with Crippen molar-refractivity contribution in [3.8, 4) is 0 Å². The zero-order valence-corrected chi connectivity index (χ0v) is 12.8. The van der Waals surface area contributed by atoms with E-state index >= 15 is 0 Å². The van der Waals surface area contributed by atoms with Gasteiger partial charge < -0.3 is 21.7 Å². The predicted molar refractivity (Wildman–Crippen MR) is 77.6 cm³/mol. The first-order chi connectivity index (χ1) is 8.59. The summed E-state index contributed by atoms with van der Waals surface area (Å²) in [6.07, 6.45) is 3.50. The highest BCUT2D eigenvalue weighted by atomic mass is 32.2. The smallest absolute Gasteiger partial charge is 0.182 e. The number of sulfone groups is 1. The molecule has 0 aromatic carbocycles. The van der Waals surface area contributed by atoms with Crippen molar-refractivity contribution in [1.82, 2.24) is 10.2 Å². The van der Waals surface area contributed by atoms with Gasteiger partial charge in [-0.25, -0.2) is 8.42 Å². The van der Waals surface area contributed by atoms with Crippen LogP contribution in [-0.4, -0.2) is 44.9 Å². The molecule has 6 nitrogen and oxygen atoms in total. The Hall–Kier alpha value is -1.05. The number of hydrogen-bond donors (Lipinski definition) is 3. The van der Waals surface area contributed by atoms with Gasteiger partial charge in [0.25, 0.3) is 0 Å². The van der Waals surface area contributed by atoms with Gasteiger partial charge in [-0.3, -0.25) is 0 Å². The quantitative estimate of drug-likeness (QED) is 0.642. The zero-order valence-electron chi connectivity index (χ0n) is 12.0. The normalized spacial score (nSPS) is 24.2. The van der Waals surface area contributed by atoms with Crippen LogP contribution < -0.4 is 16.8 Å². The van der Waals surface area contributed by atoms with Gasteiger partial charge in [-0.2, -0.15) is 0 Å². The second-order valence-corrected chi connectivity index (χ2v) is 7.91. The number of hydrogen-bond acceptors (Lipinski definition) is 6. The van der Waals surface area contributed by atoms with E-state index in [1.807, 2.05) is 19.0 Å². The zero-order chi connectivity index (χ0) is 14.8. The fraction of sp³-hybridized carbons (Fsp3) is 0.667. The molecule has 0 radical (unpaired) electrons. The van der Waals surface area contributed by atoms with Crippen LogP contribution in [0.15, 0.2) is 22.9 Å². The highest BCUT2D eigenvalue weighted by Crippen LogP contribution is 2.23. The maximum atomic E-state index is 12.1. The van der Waals surface area contributed by atoms with Crippen LogP contribution in [0.25, 0.3) is 0 Å². The van der Waals surface area contributed by atoms with Crippen LogP contribution in [0.1, 0.15) is 20.3 Å². The molecular formula is C12H24N4O2S. The van der Waals surface area contributed by atoms with E-state index in [-0.39, 0.29) is 4.91 Å². The molecule has 5 N–H and O–H groups in total. The molecule has 0 aromatic rings. The molecule has 1 unspecified atom stereocenters. The lowest BCUT2D eigenvalue weighted by atomic mass is 10.0. The first-order valence-electron chi connectivity index (χ1n) is 6.22. The van der Waals surface area contributed by atoms with E-state index in [9.17, 15) is 8.42 Å². The molecule has 1 aliphatic rings. The maximum Gasteiger partial charge on any atom is 0.182 e. The Kier molecular flexibility index (Phi) is 4.65. The minimum Gasteiger partial charge on any atom is -0.399 e. The fourth-order valence-electron chi connectivity index (χ4n) is 1.66. The van der Waals surface area contributed by atoms with E-state index in [0.29, 0.717) is 12.1 Å². The molecule has 19 heavy (non-hydrogen) atoms. The van der Waals surface area contributed by atoms with Gasteiger partial charge in [-0.1, -0.05) is 0 Å². The number of allylic oxidation sites excluding steroid dienone is 1. The second-order valence-electron chi connectivity index (χ2n) is 5.41. The van der Waals surface area contributed by atoms with E-state index in [0.717, 1.165) is 6.54 Å². The molecule has 1 atom stereocenters. The van der Waals surface area contributed by atoms with Crippen molar-refractivity contribution in [3.05, 3.63) is 22.9 Å². The lowest BCUT2D eigenvalue weighted by molar-refractivity contribution is 0.318. The van der Waals surface area contributed by atoms with E-state index in [2.05, 4.69) is 5.32 Å². The van der Waals surface area contributed by atoms with Crippen LogP contribution in [0, 0.1) is 0 Å². The summed E-state index contributed by atoms with van der Waals surface area (Å²) >= 11 is 0. The summed E-state index contributed by atoms with van der Waals surface area (Å²) in [7, 11) is 0.544.